The van der Waals surface area contributed by atoms with E-state index in [1.165, 1.54) is 86.5 Å². The van der Waals surface area contributed by atoms with Crippen LogP contribution in [0.2, 0.25) is 0 Å². The summed E-state index contributed by atoms with van der Waals surface area (Å²) in [6, 6.07) is 17.7. The summed E-state index contributed by atoms with van der Waals surface area (Å²) in [5.41, 5.74) is 3.80. The van der Waals surface area contributed by atoms with Crippen molar-refractivity contribution in [3.05, 3.63) is 70.8 Å². The summed E-state index contributed by atoms with van der Waals surface area (Å²) in [5.74, 6) is -0.489. The van der Waals surface area contributed by atoms with Gasteiger partial charge in [-0.25, -0.2) is 9.59 Å². The Morgan fingerprint density at radius 2 is 0.887 bits per heavy atom. The fourth-order valence-electron chi connectivity index (χ4n) is 12.5. The van der Waals surface area contributed by atoms with Gasteiger partial charge in [0.25, 0.3) is 0 Å². The Morgan fingerprint density at radius 3 is 1.29 bits per heavy atom. The van der Waals surface area contributed by atoms with Gasteiger partial charge in [-0.05, 0) is 124 Å². The molecule has 0 saturated heterocycles. The molecular weight excluding hydrogens is 777 g/mol. The largest absolute Gasteiger partial charge is 0.449 e. The molecule has 2 aliphatic heterocycles. The number of nitrogens with zero attached hydrogens (tertiary/aromatic N) is 2. The Labute approximate surface area is 371 Å². The van der Waals surface area contributed by atoms with Crippen LogP contribution in [0, 0.1) is 11.8 Å². The summed E-state index contributed by atoms with van der Waals surface area (Å²) in [4.78, 5) is 59.4. The first-order valence-corrected chi connectivity index (χ1v) is 25.0. The molecule has 62 heavy (non-hydrogen) atoms. The molecule has 2 atom stereocenters. The summed E-state index contributed by atoms with van der Waals surface area (Å²) >= 11 is 0. The molecule has 4 aliphatic carbocycles. The smallest absolute Gasteiger partial charge is 0.418 e. The molecule has 2 unspecified atom stereocenters. The van der Waals surface area contributed by atoms with Crippen LogP contribution in [-0.4, -0.2) is 84.0 Å². The standard InChI is InChI=1S/C52H74N4O6/c57-45(55-35-27-39-17-9-11-23-43(39)47(55)41-19-5-1-6-20-41)25-33-53-37-51(29-13-3-14-30-51)61-49(59)50(60)62-52(31-15-4-16-32-52)38-54-34-26-46(58)56-36-28-40-18-10-12-24-44(40)48(56)42-21-7-2-8-22-42/h9-12,17-18,23-24,41-42,47-48,53-54H,1-8,13-16,19-22,25-38H2. The second kappa shape index (κ2) is 21.3. The van der Waals surface area contributed by atoms with E-state index in [4.69, 9.17) is 9.47 Å². The maximum absolute atomic E-state index is 13.9. The molecule has 6 aliphatic rings. The molecule has 2 aromatic carbocycles. The van der Waals surface area contributed by atoms with Crippen LogP contribution in [0.3, 0.4) is 0 Å². The molecule has 2 N–H and O–H groups in total. The Balaban J connectivity index is 0.829. The third kappa shape index (κ3) is 10.8. The van der Waals surface area contributed by atoms with E-state index in [0.717, 1.165) is 64.5 Å². The van der Waals surface area contributed by atoms with Crippen molar-refractivity contribution >= 4 is 23.8 Å². The summed E-state index contributed by atoms with van der Waals surface area (Å²) in [6.45, 7) is 3.29. The van der Waals surface area contributed by atoms with Crippen LogP contribution in [0.1, 0.15) is 176 Å². The van der Waals surface area contributed by atoms with Gasteiger partial charge in [-0.1, -0.05) is 99.9 Å². The first-order valence-electron chi connectivity index (χ1n) is 25.0. The zero-order chi connectivity index (χ0) is 42.8. The predicted molar refractivity (Wildman–Crippen MR) is 241 cm³/mol. The van der Waals surface area contributed by atoms with Gasteiger partial charge in [0.1, 0.15) is 11.2 Å². The highest BCUT2D eigenvalue weighted by Gasteiger charge is 2.43. The fourth-order valence-corrected chi connectivity index (χ4v) is 12.5. The van der Waals surface area contributed by atoms with Crippen molar-refractivity contribution in [2.75, 3.05) is 39.3 Å². The van der Waals surface area contributed by atoms with E-state index >= 15 is 0 Å². The molecule has 0 radical (unpaired) electrons. The van der Waals surface area contributed by atoms with Crippen molar-refractivity contribution in [1.82, 2.24) is 20.4 Å². The highest BCUT2D eigenvalue weighted by molar-refractivity contribution is 6.30. The lowest BCUT2D eigenvalue weighted by Crippen LogP contribution is -2.51. The number of amides is 2. The first kappa shape index (κ1) is 44.8. The quantitative estimate of drug-likeness (QED) is 0.110. The van der Waals surface area contributed by atoms with Crippen LogP contribution in [-0.2, 0) is 41.5 Å². The van der Waals surface area contributed by atoms with E-state index in [-0.39, 0.29) is 23.9 Å². The number of ether oxygens (including phenoxy) is 2. The van der Waals surface area contributed by atoms with Crippen molar-refractivity contribution in [3.63, 3.8) is 0 Å². The second-order valence-electron chi connectivity index (χ2n) is 19.9. The molecular formula is C52H74N4O6. The lowest BCUT2D eigenvalue weighted by molar-refractivity contribution is -0.189. The summed E-state index contributed by atoms with van der Waals surface area (Å²) in [5, 5.41) is 6.98. The second-order valence-corrected chi connectivity index (χ2v) is 19.9. The molecule has 4 saturated carbocycles. The number of rotatable bonds is 14. The molecule has 10 nitrogen and oxygen atoms in total. The molecule has 2 heterocycles. The Bertz CT molecular complexity index is 1690. The van der Waals surface area contributed by atoms with E-state index in [1.54, 1.807) is 0 Å². The molecule has 10 heteroatoms. The molecule has 4 fully saturated rings. The Morgan fingerprint density at radius 1 is 0.516 bits per heavy atom. The summed E-state index contributed by atoms with van der Waals surface area (Å²) < 4.78 is 12.3. The minimum absolute atomic E-state index is 0.145. The third-order valence-corrected chi connectivity index (χ3v) is 15.7. The van der Waals surface area contributed by atoms with E-state index in [0.29, 0.717) is 76.5 Å². The molecule has 0 bridgehead atoms. The zero-order valence-corrected chi connectivity index (χ0v) is 37.5. The van der Waals surface area contributed by atoms with E-state index in [2.05, 4.69) is 69.0 Å². The molecule has 2 amide bonds. The predicted octanol–water partition coefficient (Wildman–Crippen LogP) is 8.85. The average Bonchev–Trinajstić information content (AvgIpc) is 3.32. The molecule has 0 spiro atoms. The maximum Gasteiger partial charge on any atom is 0.418 e. The van der Waals surface area contributed by atoms with Crippen LogP contribution >= 0.6 is 0 Å². The number of fused-ring (bicyclic) bond motifs is 2. The van der Waals surface area contributed by atoms with E-state index in [1.807, 2.05) is 0 Å². The highest BCUT2D eigenvalue weighted by Crippen LogP contribution is 2.44. The Hall–Kier alpha value is -3.76. The Kier molecular flexibility index (Phi) is 15.4. The fraction of sp³-hybridized carbons (Fsp3) is 0.692. The summed E-state index contributed by atoms with van der Waals surface area (Å²) in [6.07, 6.45) is 23.2. The maximum atomic E-state index is 13.9. The van der Waals surface area contributed by atoms with Gasteiger partial charge in [-0.2, -0.15) is 0 Å². The van der Waals surface area contributed by atoms with E-state index < -0.39 is 23.1 Å². The number of carbonyl (C=O) groups is 4. The SMILES string of the molecule is O=C(OC1(CNCCC(=O)N2CCc3ccccc3C2C2CCCCC2)CCCCC1)C(=O)OC1(CNCCC(=O)N2CCc3ccccc3C2C2CCCCC2)CCCCC1. The monoisotopic (exact) mass is 851 g/mol. The number of benzene rings is 2. The molecule has 0 aromatic heterocycles. The summed E-state index contributed by atoms with van der Waals surface area (Å²) in [7, 11) is 0. The van der Waals surface area contributed by atoms with Crippen molar-refractivity contribution in [2.45, 2.75) is 177 Å². The van der Waals surface area contributed by atoms with Crippen LogP contribution in [0.5, 0.6) is 0 Å². The molecule has 338 valence electrons. The minimum Gasteiger partial charge on any atom is -0.449 e. The number of nitrogens with one attached hydrogen (secondary N) is 2. The zero-order valence-electron chi connectivity index (χ0n) is 37.5. The number of carbonyl (C=O) groups excluding carboxylic acids is 4. The van der Waals surface area contributed by atoms with Crippen LogP contribution in [0.25, 0.3) is 0 Å². The number of hydrogen-bond acceptors (Lipinski definition) is 8. The third-order valence-electron chi connectivity index (χ3n) is 15.7. The normalized spacial score (nSPS) is 24.1. The van der Waals surface area contributed by atoms with Gasteiger partial charge in [0, 0.05) is 52.1 Å². The van der Waals surface area contributed by atoms with Crippen molar-refractivity contribution in [2.24, 2.45) is 11.8 Å². The van der Waals surface area contributed by atoms with Gasteiger partial charge >= 0.3 is 11.9 Å². The van der Waals surface area contributed by atoms with E-state index in [9.17, 15) is 19.2 Å². The lowest BCUT2D eigenvalue weighted by atomic mass is 9.77. The minimum atomic E-state index is -0.925. The average molecular weight is 851 g/mol. The highest BCUT2D eigenvalue weighted by atomic mass is 16.6. The number of esters is 2. The van der Waals surface area contributed by atoms with Gasteiger partial charge in [-0.15, -0.1) is 0 Å². The molecule has 2 aromatic rings. The van der Waals surface area contributed by atoms with Crippen LogP contribution in [0.4, 0.5) is 0 Å². The first-order chi connectivity index (χ1) is 30.3. The number of hydrogen-bond donors (Lipinski definition) is 2. The van der Waals surface area contributed by atoms with Gasteiger partial charge in [0.2, 0.25) is 11.8 Å². The van der Waals surface area contributed by atoms with Crippen molar-refractivity contribution in [1.29, 1.82) is 0 Å². The molecule has 8 rings (SSSR count). The van der Waals surface area contributed by atoms with Gasteiger partial charge in [0.05, 0.1) is 12.1 Å². The van der Waals surface area contributed by atoms with Crippen LogP contribution in [0.15, 0.2) is 48.5 Å². The van der Waals surface area contributed by atoms with Gasteiger partial charge in [0.15, 0.2) is 0 Å². The lowest BCUT2D eigenvalue weighted by Gasteiger charge is -2.43. The van der Waals surface area contributed by atoms with Gasteiger partial charge < -0.3 is 29.9 Å². The van der Waals surface area contributed by atoms with Gasteiger partial charge in [-0.3, -0.25) is 9.59 Å². The van der Waals surface area contributed by atoms with Crippen molar-refractivity contribution < 1.29 is 28.7 Å². The van der Waals surface area contributed by atoms with Crippen LogP contribution < -0.4 is 10.6 Å². The van der Waals surface area contributed by atoms with Crippen molar-refractivity contribution in [3.8, 4) is 0 Å². The topological polar surface area (TPSA) is 117 Å².